The van der Waals surface area contributed by atoms with Crippen molar-refractivity contribution in [3.63, 3.8) is 0 Å². The van der Waals surface area contributed by atoms with E-state index in [2.05, 4.69) is 0 Å². The highest BCUT2D eigenvalue weighted by atomic mass is 16.2. The molecule has 2 aromatic carbocycles. The van der Waals surface area contributed by atoms with E-state index in [4.69, 9.17) is 4.99 Å². The Hall–Kier alpha value is -2.95. The van der Waals surface area contributed by atoms with E-state index in [-0.39, 0.29) is 17.5 Å². The highest BCUT2D eigenvalue weighted by Crippen LogP contribution is 2.58. The molecule has 5 aliphatic rings. The number of carbonyl (C=O) groups is 2. The SMILES string of the molecule is CC(C)N1C(=O)[C@@H](N(C=O)C23CC4CC(CC(C4)C2)C3)N=C(c2ccccc2)c2ccccc21. The lowest BCUT2D eigenvalue weighted by atomic mass is 9.52. The van der Waals surface area contributed by atoms with E-state index in [0.717, 1.165) is 48.2 Å². The zero-order chi connectivity index (χ0) is 23.4. The second-order valence-corrected chi connectivity index (χ2v) is 11.2. The molecule has 4 fully saturated rings. The van der Waals surface area contributed by atoms with E-state index in [1.807, 2.05) is 78.2 Å². The molecular weight excluding hydrogens is 422 g/mol. The topological polar surface area (TPSA) is 53.0 Å². The van der Waals surface area contributed by atoms with Gasteiger partial charge in [0.2, 0.25) is 12.6 Å². The number of hydrogen-bond donors (Lipinski definition) is 0. The number of anilines is 1. The molecule has 1 aliphatic heterocycles. The van der Waals surface area contributed by atoms with Gasteiger partial charge in [-0.1, -0.05) is 48.5 Å². The fraction of sp³-hybridized carbons (Fsp3) is 0.483. The van der Waals surface area contributed by atoms with Crippen molar-refractivity contribution in [3.05, 3.63) is 65.7 Å². The zero-order valence-electron chi connectivity index (χ0n) is 20.1. The summed E-state index contributed by atoms with van der Waals surface area (Å²) in [7, 11) is 0. The second-order valence-electron chi connectivity index (χ2n) is 11.2. The van der Waals surface area contributed by atoms with Crippen LogP contribution >= 0.6 is 0 Å². The Labute approximate surface area is 201 Å². The Morgan fingerprint density at radius 3 is 2.12 bits per heavy atom. The van der Waals surface area contributed by atoms with Gasteiger partial charge in [-0.3, -0.25) is 9.59 Å². The molecule has 1 heterocycles. The zero-order valence-corrected chi connectivity index (χ0v) is 20.1. The van der Waals surface area contributed by atoms with Crippen LogP contribution in [0.1, 0.15) is 63.5 Å². The standard InChI is InChI=1S/C29H33N3O2/c1-19(2)32-25-11-7-6-10-24(25)26(23-8-4-3-5-9-23)30-27(28(32)34)31(18-33)29-15-20-12-21(16-29)14-22(13-20)17-29/h3-11,18-22,27H,12-17H2,1-2H3/t20?,21?,22?,27-,29?/m1/s1. The Balaban J connectivity index is 1.52. The smallest absolute Gasteiger partial charge is 0.272 e. The van der Waals surface area contributed by atoms with Gasteiger partial charge in [-0.25, -0.2) is 4.99 Å². The van der Waals surface area contributed by atoms with Crippen LogP contribution in [0, 0.1) is 17.8 Å². The summed E-state index contributed by atoms with van der Waals surface area (Å²) in [6, 6.07) is 18.0. The first kappa shape index (κ1) is 21.6. The summed E-state index contributed by atoms with van der Waals surface area (Å²) >= 11 is 0. The van der Waals surface area contributed by atoms with Crippen LogP contribution in [0.25, 0.3) is 0 Å². The number of rotatable bonds is 5. The molecule has 0 unspecified atom stereocenters. The van der Waals surface area contributed by atoms with Crippen molar-refractivity contribution in [2.45, 2.75) is 70.1 Å². The van der Waals surface area contributed by atoms with Gasteiger partial charge < -0.3 is 9.80 Å². The van der Waals surface area contributed by atoms with Crippen molar-refractivity contribution in [2.24, 2.45) is 22.7 Å². The third kappa shape index (κ3) is 3.31. The third-order valence-electron chi connectivity index (χ3n) is 8.62. The largest absolute Gasteiger partial charge is 0.309 e. The number of hydrogen-bond acceptors (Lipinski definition) is 3. The van der Waals surface area contributed by atoms with Crippen LogP contribution < -0.4 is 4.90 Å². The average Bonchev–Trinajstić information content (AvgIpc) is 2.94. The van der Waals surface area contributed by atoms with Gasteiger partial charge >= 0.3 is 0 Å². The van der Waals surface area contributed by atoms with Crippen LogP contribution in [0.2, 0.25) is 0 Å². The predicted molar refractivity (Wildman–Crippen MR) is 134 cm³/mol. The van der Waals surface area contributed by atoms with Crippen molar-refractivity contribution in [1.29, 1.82) is 0 Å². The van der Waals surface area contributed by atoms with Crippen molar-refractivity contribution < 1.29 is 9.59 Å². The normalized spacial score (nSPS) is 31.8. The van der Waals surface area contributed by atoms with E-state index in [9.17, 15) is 9.59 Å². The van der Waals surface area contributed by atoms with E-state index in [1.54, 1.807) is 0 Å². The predicted octanol–water partition coefficient (Wildman–Crippen LogP) is 5.03. The number of fused-ring (bicyclic) bond motifs is 1. The molecule has 4 aliphatic carbocycles. The number of benzene rings is 2. The molecule has 176 valence electrons. The quantitative estimate of drug-likeness (QED) is 0.594. The first-order valence-corrected chi connectivity index (χ1v) is 12.8. The Morgan fingerprint density at radius 2 is 1.53 bits per heavy atom. The highest BCUT2D eigenvalue weighted by molar-refractivity contribution is 6.20. The Morgan fingerprint density at radius 1 is 0.941 bits per heavy atom. The summed E-state index contributed by atoms with van der Waals surface area (Å²) in [6.07, 6.45) is 6.96. The molecule has 5 nitrogen and oxygen atoms in total. The van der Waals surface area contributed by atoms with Crippen LogP contribution in [0.15, 0.2) is 59.6 Å². The van der Waals surface area contributed by atoms with Gasteiger partial charge in [-0.2, -0.15) is 0 Å². The second kappa shape index (κ2) is 8.07. The minimum Gasteiger partial charge on any atom is -0.309 e. The van der Waals surface area contributed by atoms with Gasteiger partial charge in [0.25, 0.3) is 5.91 Å². The number of aliphatic imine (C=N–C) groups is 1. The molecule has 0 spiro atoms. The molecule has 5 heteroatoms. The Kier molecular flexibility index (Phi) is 5.12. The molecule has 0 aromatic heterocycles. The molecule has 4 bridgehead atoms. The number of nitrogens with zero attached hydrogens (tertiary/aromatic N) is 3. The van der Waals surface area contributed by atoms with Crippen LogP contribution in [-0.2, 0) is 9.59 Å². The van der Waals surface area contributed by atoms with Gasteiger partial charge in [0, 0.05) is 22.7 Å². The molecule has 1 atom stereocenters. The molecule has 2 amide bonds. The lowest BCUT2D eigenvalue weighted by molar-refractivity contribution is -0.150. The molecule has 4 saturated carbocycles. The fourth-order valence-corrected chi connectivity index (χ4v) is 7.72. The average molecular weight is 456 g/mol. The van der Waals surface area contributed by atoms with E-state index in [1.165, 1.54) is 19.3 Å². The number of para-hydroxylation sites is 1. The molecule has 7 rings (SSSR count). The van der Waals surface area contributed by atoms with E-state index in [0.29, 0.717) is 17.8 Å². The van der Waals surface area contributed by atoms with Crippen molar-refractivity contribution >= 4 is 23.7 Å². The van der Waals surface area contributed by atoms with Crippen LogP contribution in [0.4, 0.5) is 5.69 Å². The summed E-state index contributed by atoms with van der Waals surface area (Å²) < 4.78 is 0. The van der Waals surface area contributed by atoms with E-state index >= 15 is 0 Å². The molecular formula is C29H33N3O2. The first-order valence-electron chi connectivity index (χ1n) is 12.8. The van der Waals surface area contributed by atoms with Crippen LogP contribution in [0.5, 0.6) is 0 Å². The maximum atomic E-state index is 14.2. The molecule has 0 N–H and O–H groups in total. The van der Waals surface area contributed by atoms with Gasteiger partial charge in [0.05, 0.1) is 11.4 Å². The van der Waals surface area contributed by atoms with Gasteiger partial charge in [0.15, 0.2) is 0 Å². The lowest BCUT2D eigenvalue weighted by Crippen LogP contribution is -2.64. The van der Waals surface area contributed by atoms with Crippen LogP contribution in [-0.4, -0.2) is 40.7 Å². The minimum atomic E-state index is -0.848. The van der Waals surface area contributed by atoms with Crippen molar-refractivity contribution in [2.75, 3.05) is 4.90 Å². The maximum Gasteiger partial charge on any atom is 0.272 e. The minimum absolute atomic E-state index is 0.0497. The highest BCUT2D eigenvalue weighted by Gasteiger charge is 2.56. The van der Waals surface area contributed by atoms with Crippen molar-refractivity contribution in [3.8, 4) is 0 Å². The summed E-state index contributed by atoms with van der Waals surface area (Å²) in [6.45, 7) is 4.07. The summed E-state index contributed by atoms with van der Waals surface area (Å²) in [4.78, 5) is 36.0. The van der Waals surface area contributed by atoms with Gasteiger partial charge in [-0.05, 0) is 76.2 Å². The maximum absolute atomic E-state index is 14.2. The van der Waals surface area contributed by atoms with Gasteiger partial charge in [0.1, 0.15) is 0 Å². The number of carbonyl (C=O) groups excluding carboxylic acids is 2. The summed E-state index contributed by atoms with van der Waals surface area (Å²) in [5, 5.41) is 0. The van der Waals surface area contributed by atoms with Crippen molar-refractivity contribution in [1.82, 2.24) is 4.90 Å². The molecule has 0 radical (unpaired) electrons. The number of benzodiazepines with no additional fused rings is 1. The summed E-state index contributed by atoms with van der Waals surface area (Å²) in [5.74, 6) is 1.91. The molecule has 2 aromatic rings. The molecule has 34 heavy (non-hydrogen) atoms. The molecule has 0 saturated heterocycles. The van der Waals surface area contributed by atoms with Gasteiger partial charge in [-0.15, -0.1) is 0 Å². The third-order valence-corrected chi connectivity index (χ3v) is 8.62. The first-order chi connectivity index (χ1) is 16.5. The monoisotopic (exact) mass is 455 g/mol. The lowest BCUT2D eigenvalue weighted by Gasteiger charge is -2.60. The van der Waals surface area contributed by atoms with Crippen LogP contribution in [0.3, 0.4) is 0 Å². The Bertz CT molecular complexity index is 1100. The summed E-state index contributed by atoms with van der Waals surface area (Å²) in [5.41, 5.74) is 3.31. The van der Waals surface area contributed by atoms with E-state index < -0.39 is 6.17 Å². The fourth-order valence-electron chi connectivity index (χ4n) is 7.72. The number of amides is 2.